The molecular weight excluding hydrogens is 387 g/mol. The van der Waals surface area contributed by atoms with Gasteiger partial charge in [0, 0.05) is 19.1 Å². The lowest BCUT2D eigenvalue weighted by atomic mass is 10.0. The second-order valence-corrected chi connectivity index (χ2v) is 8.31. The van der Waals surface area contributed by atoms with E-state index in [2.05, 4.69) is 19.2 Å². The summed E-state index contributed by atoms with van der Waals surface area (Å²) in [4.78, 5) is 38.3. The fraction of sp³-hybridized carbons (Fsp3) is 0.550. The molecule has 2 amide bonds. The van der Waals surface area contributed by atoms with E-state index in [4.69, 9.17) is 23.2 Å². The molecule has 27 heavy (non-hydrogen) atoms. The molecule has 0 saturated carbocycles. The average Bonchev–Trinajstić information content (AvgIpc) is 2.90. The predicted molar refractivity (Wildman–Crippen MR) is 107 cm³/mol. The fourth-order valence-corrected chi connectivity index (χ4v) is 3.69. The van der Waals surface area contributed by atoms with Crippen LogP contribution in [0.2, 0.25) is 10.0 Å². The monoisotopic (exact) mass is 412 g/mol. The highest BCUT2D eigenvalue weighted by Crippen LogP contribution is 2.23. The van der Waals surface area contributed by atoms with Gasteiger partial charge in [-0.1, -0.05) is 43.1 Å². The molecule has 148 valence electrons. The molecule has 1 aliphatic heterocycles. The molecule has 5 nitrogen and oxygen atoms in total. The number of hydrogen-bond donors (Lipinski definition) is 1. The summed E-state index contributed by atoms with van der Waals surface area (Å²) in [5, 5.41) is 3.79. The summed E-state index contributed by atoms with van der Waals surface area (Å²) < 4.78 is 0. The highest BCUT2D eigenvalue weighted by atomic mass is 35.5. The number of nitrogens with zero attached hydrogens (tertiary/aromatic N) is 1. The Morgan fingerprint density at radius 2 is 1.93 bits per heavy atom. The Labute approximate surface area is 170 Å². The largest absolute Gasteiger partial charge is 0.355 e. The first-order valence-electron chi connectivity index (χ1n) is 9.27. The van der Waals surface area contributed by atoms with Gasteiger partial charge in [-0.25, -0.2) is 0 Å². The number of Topliss-reactive ketones (excluding diaryl/α,β-unsaturated/α-hetero) is 1. The van der Waals surface area contributed by atoms with E-state index in [9.17, 15) is 14.4 Å². The minimum Gasteiger partial charge on any atom is -0.355 e. The zero-order valence-electron chi connectivity index (χ0n) is 15.9. The Morgan fingerprint density at radius 1 is 1.22 bits per heavy atom. The number of benzene rings is 1. The number of aryl methyl sites for hydroxylation is 1. The van der Waals surface area contributed by atoms with E-state index in [1.165, 1.54) is 4.90 Å². The quantitative estimate of drug-likeness (QED) is 0.403. The second-order valence-electron chi connectivity index (χ2n) is 7.50. The minimum absolute atomic E-state index is 0.0473. The molecule has 1 heterocycles. The molecule has 0 radical (unpaired) electrons. The number of rotatable bonds is 8. The maximum Gasteiger partial charge on any atom is 0.291 e. The lowest BCUT2D eigenvalue weighted by molar-refractivity contribution is -0.143. The molecule has 0 spiro atoms. The van der Waals surface area contributed by atoms with Crippen LogP contribution in [0.5, 0.6) is 0 Å². The van der Waals surface area contributed by atoms with Gasteiger partial charge in [0.25, 0.3) is 5.91 Å². The van der Waals surface area contributed by atoms with Gasteiger partial charge in [-0.05, 0) is 49.8 Å². The minimum atomic E-state index is -0.905. The first-order chi connectivity index (χ1) is 12.7. The molecule has 2 rings (SSSR count). The molecule has 0 aliphatic carbocycles. The third kappa shape index (κ3) is 5.69. The first kappa shape index (κ1) is 21.7. The van der Waals surface area contributed by atoms with Gasteiger partial charge in [-0.3, -0.25) is 14.4 Å². The SMILES string of the molecule is CC(C)CC(C)N1CC(C(=O)NCCCc2ccc(Cl)c(Cl)c2)C(=O)C1=O. The van der Waals surface area contributed by atoms with Crippen molar-refractivity contribution in [1.82, 2.24) is 10.2 Å². The molecule has 1 aromatic rings. The van der Waals surface area contributed by atoms with Crippen LogP contribution in [0.3, 0.4) is 0 Å². The number of ketones is 1. The van der Waals surface area contributed by atoms with Crippen LogP contribution in [-0.4, -0.2) is 41.6 Å². The van der Waals surface area contributed by atoms with E-state index < -0.39 is 17.6 Å². The maximum atomic E-state index is 12.4. The smallest absolute Gasteiger partial charge is 0.291 e. The van der Waals surface area contributed by atoms with Crippen molar-refractivity contribution in [3.05, 3.63) is 33.8 Å². The summed E-state index contributed by atoms with van der Waals surface area (Å²) in [6.45, 7) is 6.65. The summed E-state index contributed by atoms with van der Waals surface area (Å²) in [5.74, 6) is -2.01. The molecule has 1 aliphatic rings. The summed E-state index contributed by atoms with van der Waals surface area (Å²) in [7, 11) is 0. The molecule has 7 heteroatoms. The number of amides is 2. The lowest BCUT2D eigenvalue weighted by Gasteiger charge is -2.25. The van der Waals surface area contributed by atoms with Crippen molar-refractivity contribution < 1.29 is 14.4 Å². The van der Waals surface area contributed by atoms with Crippen molar-refractivity contribution in [1.29, 1.82) is 0 Å². The van der Waals surface area contributed by atoms with Gasteiger partial charge in [-0.2, -0.15) is 0 Å². The zero-order chi connectivity index (χ0) is 20.1. The van der Waals surface area contributed by atoms with E-state index in [0.717, 1.165) is 18.4 Å². The first-order valence-corrected chi connectivity index (χ1v) is 10.0. The molecule has 2 atom stereocenters. The van der Waals surface area contributed by atoms with Crippen LogP contribution in [-0.2, 0) is 20.8 Å². The Morgan fingerprint density at radius 3 is 2.56 bits per heavy atom. The van der Waals surface area contributed by atoms with Crippen molar-refractivity contribution in [2.45, 2.75) is 46.1 Å². The number of nitrogens with one attached hydrogen (secondary N) is 1. The third-order valence-electron chi connectivity index (χ3n) is 4.75. The van der Waals surface area contributed by atoms with Gasteiger partial charge in [0.05, 0.1) is 10.0 Å². The fourth-order valence-electron chi connectivity index (χ4n) is 3.37. The van der Waals surface area contributed by atoms with Crippen LogP contribution in [0, 0.1) is 11.8 Å². The summed E-state index contributed by atoms with van der Waals surface area (Å²) in [6, 6.07) is 5.39. The standard InChI is InChI=1S/C20H26Cl2N2O3/c1-12(2)9-13(3)24-11-15(18(25)20(24)27)19(26)23-8-4-5-14-6-7-16(21)17(22)10-14/h6-7,10,12-13,15H,4-5,8-9,11H2,1-3H3,(H,23,26). The average molecular weight is 413 g/mol. The predicted octanol–water partition coefficient (Wildman–Crippen LogP) is 3.50. The maximum absolute atomic E-state index is 12.4. The van der Waals surface area contributed by atoms with Crippen LogP contribution >= 0.6 is 23.2 Å². The van der Waals surface area contributed by atoms with E-state index >= 15 is 0 Å². The van der Waals surface area contributed by atoms with Gasteiger partial charge in [0.15, 0.2) is 0 Å². The summed E-state index contributed by atoms with van der Waals surface area (Å²) >= 11 is 11.9. The van der Waals surface area contributed by atoms with Crippen molar-refractivity contribution in [2.75, 3.05) is 13.1 Å². The number of hydrogen-bond acceptors (Lipinski definition) is 3. The molecular formula is C20H26Cl2N2O3. The normalized spacial score (nSPS) is 18.3. The molecule has 0 aromatic heterocycles. The Hall–Kier alpha value is -1.59. The molecule has 1 fully saturated rings. The van der Waals surface area contributed by atoms with Crippen LogP contribution in [0.25, 0.3) is 0 Å². The van der Waals surface area contributed by atoms with Crippen molar-refractivity contribution in [3.8, 4) is 0 Å². The van der Waals surface area contributed by atoms with Crippen molar-refractivity contribution in [2.24, 2.45) is 11.8 Å². The highest BCUT2D eigenvalue weighted by Gasteiger charge is 2.44. The van der Waals surface area contributed by atoms with E-state index in [1.54, 1.807) is 12.1 Å². The molecule has 0 bridgehead atoms. The van der Waals surface area contributed by atoms with Gasteiger partial charge >= 0.3 is 0 Å². The number of likely N-dealkylation sites (tertiary alicyclic amines) is 1. The molecule has 1 N–H and O–H groups in total. The number of halogens is 2. The van der Waals surface area contributed by atoms with E-state index in [-0.39, 0.29) is 18.5 Å². The van der Waals surface area contributed by atoms with Crippen molar-refractivity contribution in [3.63, 3.8) is 0 Å². The van der Waals surface area contributed by atoms with Crippen LogP contribution in [0.1, 0.15) is 39.2 Å². The highest BCUT2D eigenvalue weighted by molar-refractivity contribution is 6.42. The Kier molecular flexibility index (Phi) is 7.68. The molecule has 2 unspecified atom stereocenters. The Balaban J connectivity index is 1.82. The second kappa shape index (κ2) is 9.56. The topological polar surface area (TPSA) is 66.5 Å². The van der Waals surface area contributed by atoms with E-state index in [0.29, 0.717) is 28.9 Å². The van der Waals surface area contributed by atoms with E-state index in [1.807, 2.05) is 13.0 Å². The number of carbonyl (C=O) groups excluding carboxylic acids is 3. The van der Waals surface area contributed by atoms with Crippen LogP contribution in [0.4, 0.5) is 0 Å². The Bertz CT molecular complexity index is 721. The summed E-state index contributed by atoms with van der Waals surface area (Å²) in [5.41, 5.74) is 1.03. The van der Waals surface area contributed by atoms with Gasteiger partial charge in [-0.15, -0.1) is 0 Å². The zero-order valence-corrected chi connectivity index (χ0v) is 17.4. The van der Waals surface area contributed by atoms with Gasteiger partial charge in [0.1, 0.15) is 5.92 Å². The van der Waals surface area contributed by atoms with Crippen LogP contribution in [0.15, 0.2) is 18.2 Å². The lowest BCUT2D eigenvalue weighted by Crippen LogP contribution is -2.37. The van der Waals surface area contributed by atoms with Crippen molar-refractivity contribution >= 4 is 40.8 Å². The summed E-state index contributed by atoms with van der Waals surface area (Å²) in [6.07, 6.45) is 2.23. The van der Waals surface area contributed by atoms with Gasteiger partial charge in [0.2, 0.25) is 11.7 Å². The molecule has 1 saturated heterocycles. The number of carbonyl (C=O) groups is 3. The molecule has 1 aromatic carbocycles. The van der Waals surface area contributed by atoms with Gasteiger partial charge < -0.3 is 10.2 Å². The van der Waals surface area contributed by atoms with Crippen LogP contribution < -0.4 is 5.32 Å². The third-order valence-corrected chi connectivity index (χ3v) is 5.49.